The highest BCUT2D eigenvalue weighted by Gasteiger charge is 2.06. The second-order valence-electron chi connectivity index (χ2n) is 3.44. The Morgan fingerprint density at radius 2 is 1.94 bits per heavy atom. The molecular formula is C13H8N4O. The summed E-state index contributed by atoms with van der Waals surface area (Å²) in [5, 5.41) is 17.7. The zero-order valence-corrected chi connectivity index (χ0v) is 9.29. The van der Waals surface area contributed by atoms with Crippen LogP contribution in [0.1, 0.15) is 11.3 Å². The lowest BCUT2D eigenvalue weighted by atomic mass is 10.2. The van der Waals surface area contributed by atoms with Crippen LogP contribution >= 0.6 is 0 Å². The molecule has 0 radical (unpaired) electrons. The van der Waals surface area contributed by atoms with Crippen LogP contribution in [0.4, 0.5) is 5.69 Å². The molecule has 18 heavy (non-hydrogen) atoms. The summed E-state index contributed by atoms with van der Waals surface area (Å²) in [6.45, 7) is 0. The van der Waals surface area contributed by atoms with Gasteiger partial charge in [-0.2, -0.15) is 10.5 Å². The molecule has 5 nitrogen and oxygen atoms in total. The first-order valence-corrected chi connectivity index (χ1v) is 5.07. The van der Waals surface area contributed by atoms with Crippen LogP contribution in [0.3, 0.4) is 0 Å². The predicted molar refractivity (Wildman–Crippen MR) is 64.6 cm³/mol. The van der Waals surface area contributed by atoms with Crippen molar-refractivity contribution in [2.75, 3.05) is 5.73 Å². The molecule has 5 heteroatoms. The number of pyridine rings is 1. The number of anilines is 1. The van der Waals surface area contributed by atoms with Gasteiger partial charge in [-0.1, -0.05) is 6.07 Å². The SMILES string of the molecule is N#Cc1cccc(Oc2ccc(N)cc2C#N)n1. The Kier molecular flexibility index (Phi) is 3.08. The fourth-order valence-electron chi connectivity index (χ4n) is 1.37. The molecule has 2 N–H and O–H groups in total. The third-order valence-corrected chi connectivity index (χ3v) is 2.18. The van der Waals surface area contributed by atoms with Gasteiger partial charge in [-0.25, -0.2) is 4.98 Å². The summed E-state index contributed by atoms with van der Waals surface area (Å²) < 4.78 is 5.46. The van der Waals surface area contributed by atoms with E-state index in [4.69, 9.17) is 21.0 Å². The summed E-state index contributed by atoms with van der Waals surface area (Å²) in [6, 6.07) is 13.5. The van der Waals surface area contributed by atoms with Gasteiger partial charge in [-0.05, 0) is 24.3 Å². The van der Waals surface area contributed by atoms with Gasteiger partial charge < -0.3 is 10.5 Å². The van der Waals surface area contributed by atoms with Gasteiger partial charge in [0.05, 0.1) is 5.56 Å². The first-order chi connectivity index (χ1) is 8.72. The Balaban J connectivity index is 2.35. The van der Waals surface area contributed by atoms with Crippen molar-refractivity contribution in [2.45, 2.75) is 0 Å². The lowest BCUT2D eigenvalue weighted by molar-refractivity contribution is 0.461. The number of nitrogens with two attached hydrogens (primary N) is 1. The Bertz CT molecular complexity index is 667. The van der Waals surface area contributed by atoms with E-state index in [0.717, 1.165) is 0 Å². The molecule has 0 saturated heterocycles. The number of nitrogen functional groups attached to an aromatic ring is 1. The summed E-state index contributed by atoms with van der Waals surface area (Å²) in [4.78, 5) is 3.96. The quantitative estimate of drug-likeness (QED) is 0.806. The fraction of sp³-hybridized carbons (Fsp3) is 0. The van der Waals surface area contributed by atoms with Gasteiger partial charge >= 0.3 is 0 Å². The van der Waals surface area contributed by atoms with E-state index < -0.39 is 0 Å². The minimum absolute atomic E-state index is 0.251. The highest BCUT2D eigenvalue weighted by atomic mass is 16.5. The molecular weight excluding hydrogens is 228 g/mol. The zero-order valence-electron chi connectivity index (χ0n) is 9.29. The van der Waals surface area contributed by atoms with Gasteiger partial charge in [0.2, 0.25) is 5.88 Å². The average Bonchev–Trinajstić information content (AvgIpc) is 2.41. The molecule has 0 aliphatic heterocycles. The van der Waals surface area contributed by atoms with Crippen LogP contribution in [0, 0.1) is 22.7 Å². The molecule has 1 aromatic heterocycles. The zero-order chi connectivity index (χ0) is 13.0. The summed E-state index contributed by atoms with van der Waals surface area (Å²) in [6.07, 6.45) is 0. The highest BCUT2D eigenvalue weighted by molar-refractivity contribution is 5.53. The van der Waals surface area contributed by atoms with E-state index in [1.165, 1.54) is 6.07 Å². The Labute approximate surface area is 104 Å². The van der Waals surface area contributed by atoms with Gasteiger partial charge in [0, 0.05) is 11.8 Å². The summed E-state index contributed by atoms with van der Waals surface area (Å²) >= 11 is 0. The van der Waals surface area contributed by atoms with Crippen LogP contribution in [-0.2, 0) is 0 Å². The number of nitriles is 2. The number of benzene rings is 1. The molecule has 0 spiro atoms. The maximum absolute atomic E-state index is 8.96. The maximum atomic E-state index is 8.96. The van der Waals surface area contributed by atoms with E-state index in [1.807, 2.05) is 12.1 Å². The Morgan fingerprint density at radius 1 is 1.11 bits per heavy atom. The number of ether oxygens (including phenoxy) is 1. The van der Waals surface area contributed by atoms with Crippen molar-refractivity contribution >= 4 is 5.69 Å². The molecule has 1 aromatic carbocycles. The third-order valence-electron chi connectivity index (χ3n) is 2.18. The number of nitrogens with zero attached hydrogens (tertiary/aromatic N) is 3. The average molecular weight is 236 g/mol. The molecule has 86 valence electrons. The first-order valence-electron chi connectivity index (χ1n) is 5.07. The van der Waals surface area contributed by atoms with Crippen LogP contribution in [-0.4, -0.2) is 4.98 Å². The van der Waals surface area contributed by atoms with Gasteiger partial charge in [0.25, 0.3) is 0 Å². The lowest BCUT2D eigenvalue weighted by Crippen LogP contribution is -1.94. The van der Waals surface area contributed by atoms with E-state index in [-0.39, 0.29) is 11.6 Å². The van der Waals surface area contributed by atoms with Crippen LogP contribution in [0.25, 0.3) is 0 Å². The predicted octanol–water partition coefficient (Wildman–Crippen LogP) is 2.20. The summed E-state index contributed by atoms with van der Waals surface area (Å²) in [5.41, 5.74) is 6.63. The minimum atomic E-state index is 0.251. The van der Waals surface area contributed by atoms with Crippen molar-refractivity contribution < 1.29 is 4.74 Å². The van der Waals surface area contributed by atoms with Crippen LogP contribution in [0.15, 0.2) is 36.4 Å². The summed E-state index contributed by atoms with van der Waals surface area (Å²) in [7, 11) is 0. The maximum Gasteiger partial charge on any atom is 0.220 e. The molecule has 0 aliphatic rings. The number of aromatic nitrogens is 1. The fourth-order valence-corrected chi connectivity index (χ4v) is 1.37. The Hall–Kier alpha value is -3.05. The topological polar surface area (TPSA) is 95.7 Å². The largest absolute Gasteiger partial charge is 0.438 e. The van der Waals surface area contributed by atoms with Crippen LogP contribution in [0.2, 0.25) is 0 Å². The molecule has 2 aromatic rings. The molecule has 1 heterocycles. The first kappa shape index (κ1) is 11.4. The Morgan fingerprint density at radius 3 is 2.67 bits per heavy atom. The van der Waals surface area contributed by atoms with E-state index in [9.17, 15) is 0 Å². The van der Waals surface area contributed by atoms with Gasteiger partial charge in [0.15, 0.2) is 0 Å². The standard InChI is InChI=1S/C13H8N4O/c14-7-9-6-10(16)4-5-12(9)18-13-3-1-2-11(8-15)17-13/h1-6H,16H2. The van der Waals surface area contributed by atoms with E-state index in [2.05, 4.69) is 4.98 Å². The number of hydrogen-bond acceptors (Lipinski definition) is 5. The van der Waals surface area contributed by atoms with Crippen molar-refractivity contribution in [3.63, 3.8) is 0 Å². The third kappa shape index (κ3) is 2.37. The molecule has 0 atom stereocenters. The van der Waals surface area contributed by atoms with E-state index >= 15 is 0 Å². The van der Waals surface area contributed by atoms with Gasteiger partial charge in [0.1, 0.15) is 23.6 Å². The normalized spacial score (nSPS) is 9.22. The van der Waals surface area contributed by atoms with Gasteiger partial charge in [-0.3, -0.25) is 0 Å². The highest BCUT2D eigenvalue weighted by Crippen LogP contribution is 2.25. The minimum Gasteiger partial charge on any atom is -0.438 e. The van der Waals surface area contributed by atoms with Crippen molar-refractivity contribution in [1.82, 2.24) is 4.98 Å². The smallest absolute Gasteiger partial charge is 0.220 e. The number of rotatable bonds is 2. The lowest BCUT2D eigenvalue weighted by Gasteiger charge is -2.06. The van der Waals surface area contributed by atoms with Crippen molar-refractivity contribution in [1.29, 1.82) is 10.5 Å². The number of hydrogen-bond donors (Lipinski definition) is 1. The van der Waals surface area contributed by atoms with E-state index in [1.54, 1.807) is 30.3 Å². The van der Waals surface area contributed by atoms with Crippen molar-refractivity contribution in [2.24, 2.45) is 0 Å². The molecule has 0 amide bonds. The molecule has 0 fully saturated rings. The van der Waals surface area contributed by atoms with Gasteiger partial charge in [-0.15, -0.1) is 0 Å². The van der Waals surface area contributed by atoms with Crippen LogP contribution in [0.5, 0.6) is 11.6 Å². The molecule has 0 saturated carbocycles. The van der Waals surface area contributed by atoms with Crippen molar-refractivity contribution in [3.8, 4) is 23.8 Å². The van der Waals surface area contributed by atoms with Crippen molar-refractivity contribution in [3.05, 3.63) is 47.7 Å². The molecule has 0 bridgehead atoms. The molecule has 0 unspecified atom stereocenters. The summed E-state index contributed by atoms with van der Waals surface area (Å²) in [5.74, 6) is 0.615. The monoisotopic (exact) mass is 236 g/mol. The second-order valence-corrected chi connectivity index (χ2v) is 3.44. The molecule has 2 rings (SSSR count). The van der Waals surface area contributed by atoms with E-state index in [0.29, 0.717) is 17.0 Å². The second kappa shape index (κ2) is 4.86. The molecule has 0 aliphatic carbocycles. The van der Waals surface area contributed by atoms with Crippen LogP contribution < -0.4 is 10.5 Å².